The van der Waals surface area contributed by atoms with Gasteiger partial charge in [-0.3, -0.25) is 0 Å². The number of rotatable bonds is 22. The molecule has 240 valence electrons. The van der Waals surface area contributed by atoms with E-state index in [1.165, 1.54) is 101 Å². The molecule has 3 rings (SSSR count). The Hall–Kier alpha value is -2.91. The van der Waals surface area contributed by atoms with Gasteiger partial charge in [-0.05, 0) is 78.6 Å². The van der Waals surface area contributed by atoms with E-state index in [0.29, 0.717) is 17.2 Å². The molecule has 0 N–H and O–H groups in total. The number of carbonyl (C=O) groups is 1. The summed E-state index contributed by atoms with van der Waals surface area (Å²) >= 11 is 0. The van der Waals surface area contributed by atoms with Crippen LogP contribution in [0.5, 0.6) is 5.75 Å². The SMILES string of the molecule is CCCCCCCCCCCCOC(C)c1ccc(-c2ccc(C(=O)Oc3ccc(C(CCC)CCCC)cc3)cc2)cc1. The third kappa shape index (κ3) is 12.6. The molecule has 0 aliphatic carbocycles. The maximum atomic E-state index is 12.8. The van der Waals surface area contributed by atoms with Gasteiger partial charge in [-0.25, -0.2) is 4.79 Å². The van der Waals surface area contributed by atoms with Gasteiger partial charge in [0.2, 0.25) is 0 Å². The van der Waals surface area contributed by atoms with Crippen molar-refractivity contribution in [3.63, 3.8) is 0 Å². The Kier molecular flexibility index (Phi) is 16.9. The standard InChI is InChI=1S/C41H58O3/c1-5-8-10-11-12-13-14-15-16-17-32-43-33(4)34-20-22-36(23-21-34)37-24-26-39(27-25-37)41(42)44-40-30-28-38(29-31-40)35(18-7-3)19-9-6-2/h20-31,33,35H,5-19,32H2,1-4H3. The number of esters is 1. The topological polar surface area (TPSA) is 35.5 Å². The van der Waals surface area contributed by atoms with Crippen LogP contribution in [0.1, 0.15) is 158 Å². The van der Waals surface area contributed by atoms with Crippen LogP contribution < -0.4 is 4.74 Å². The van der Waals surface area contributed by atoms with Gasteiger partial charge >= 0.3 is 5.97 Å². The summed E-state index contributed by atoms with van der Waals surface area (Å²) in [6.45, 7) is 9.71. The summed E-state index contributed by atoms with van der Waals surface area (Å²) in [4.78, 5) is 12.8. The molecule has 3 aromatic rings. The highest BCUT2D eigenvalue weighted by Crippen LogP contribution is 2.29. The van der Waals surface area contributed by atoms with Gasteiger partial charge in [0.1, 0.15) is 5.75 Å². The quantitative estimate of drug-likeness (QED) is 0.0655. The number of ether oxygens (including phenoxy) is 2. The fourth-order valence-corrected chi connectivity index (χ4v) is 5.94. The molecular weight excluding hydrogens is 540 g/mol. The minimum absolute atomic E-state index is 0.0858. The summed E-state index contributed by atoms with van der Waals surface area (Å²) in [5, 5.41) is 0. The molecule has 0 spiro atoms. The molecule has 0 heterocycles. The molecule has 0 saturated heterocycles. The zero-order chi connectivity index (χ0) is 31.4. The summed E-state index contributed by atoms with van der Waals surface area (Å²) in [7, 11) is 0. The number of hydrogen-bond acceptors (Lipinski definition) is 3. The van der Waals surface area contributed by atoms with E-state index in [9.17, 15) is 4.79 Å². The van der Waals surface area contributed by atoms with Crippen LogP contribution in [0.25, 0.3) is 11.1 Å². The van der Waals surface area contributed by atoms with E-state index in [-0.39, 0.29) is 12.1 Å². The summed E-state index contributed by atoms with van der Waals surface area (Å²) in [5.41, 5.74) is 5.28. The van der Waals surface area contributed by atoms with Gasteiger partial charge in [0, 0.05) is 6.61 Å². The fourth-order valence-electron chi connectivity index (χ4n) is 5.94. The average molecular weight is 599 g/mol. The van der Waals surface area contributed by atoms with Crippen molar-refractivity contribution in [1.82, 2.24) is 0 Å². The number of carbonyl (C=O) groups excluding carboxylic acids is 1. The maximum absolute atomic E-state index is 12.8. The maximum Gasteiger partial charge on any atom is 0.343 e. The Labute approximate surface area is 268 Å². The van der Waals surface area contributed by atoms with Crippen LogP contribution in [0.2, 0.25) is 0 Å². The first-order valence-electron chi connectivity index (χ1n) is 17.7. The second-order valence-electron chi connectivity index (χ2n) is 12.5. The predicted octanol–water partition coefficient (Wildman–Crippen LogP) is 12.6. The monoisotopic (exact) mass is 598 g/mol. The molecule has 0 aliphatic heterocycles. The molecule has 0 bridgehead atoms. The Balaban J connectivity index is 1.41. The first-order valence-corrected chi connectivity index (χ1v) is 17.7. The van der Waals surface area contributed by atoms with Crippen LogP contribution in [0.4, 0.5) is 0 Å². The molecule has 0 aliphatic rings. The zero-order valence-corrected chi connectivity index (χ0v) is 28.1. The van der Waals surface area contributed by atoms with Crippen LogP contribution in [-0.2, 0) is 4.74 Å². The first-order chi connectivity index (χ1) is 21.5. The smallest absolute Gasteiger partial charge is 0.343 e. The summed E-state index contributed by atoms with van der Waals surface area (Å²) in [6.07, 6.45) is 19.5. The van der Waals surface area contributed by atoms with E-state index in [4.69, 9.17) is 9.47 Å². The summed E-state index contributed by atoms with van der Waals surface area (Å²) in [5.74, 6) is 0.842. The molecule has 2 atom stereocenters. The molecule has 2 unspecified atom stereocenters. The number of hydrogen-bond donors (Lipinski definition) is 0. The van der Waals surface area contributed by atoms with Crippen LogP contribution in [0.3, 0.4) is 0 Å². The summed E-state index contributed by atoms with van der Waals surface area (Å²) < 4.78 is 11.8. The van der Waals surface area contributed by atoms with Gasteiger partial charge in [0.25, 0.3) is 0 Å². The van der Waals surface area contributed by atoms with Crippen molar-refractivity contribution < 1.29 is 14.3 Å². The molecular formula is C41H58O3. The highest BCUT2D eigenvalue weighted by molar-refractivity contribution is 5.91. The lowest BCUT2D eigenvalue weighted by molar-refractivity contribution is 0.0627. The van der Waals surface area contributed by atoms with Crippen molar-refractivity contribution in [2.24, 2.45) is 0 Å². The number of benzene rings is 3. The molecule has 44 heavy (non-hydrogen) atoms. The second kappa shape index (κ2) is 20.9. The van der Waals surface area contributed by atoms with E-state index in [1.807, 2.05) is 36.4 Å². The molecule has 3 heteroatoms. The van der Waals surface area contributed by atoms with E-state index in [1.54, 1.807) is 0 Å². The Bertz CT molecular complexity index is 1160. The Morgan fingerprint density at radius 3 is 1.66 bits per heavy atom. The molecule has 0 fully saturated rings. The molecule has 0 saturated carbocycles. The van der Waals surface area contributed by atoms with Gasteiger partial charge in [-0.1, -0.05) is 146 Å². The highest BCUT2D eigenvalue weighted by atomic mass is 16.5. The van der Waals surface area contributed by atoms with Crippen LogP contribution >= 0.6 is 0 Å². The lowest BCUT2D eigenvalue weighted by Gasteiger charge is -2.16. The minimum Gasteiger partial charge on any atom is -0.423 e. The van der Waals surface area contributed by atoms with Crippen LogP contribution in [0.15, 0.2) is 72.8 Å². The zero-order valence-electron chi connectivity index (χ0n) is 28.1. The van der Waals surface area contributed by atoms with Gasteiger partial charge in [0.15, 0.2) is 0 Å². The van der Waals surface area contributed by atoms with Crippen molar-refractivity contribution in [3.8, 4) is 16.9 Å². The van der Waals surface area contributed by atoms with E-state index in [0.717, 1.165) is 24.2 Å². The van der Waals surface area contributed by atoms with Crippen LogP contribution in [-0.4, -0.2) is 12.6 Å². The Morgan fingerprint density at radius 1 is 0.568 bits per heavy atom. The lowest BCUT2D eigenvalue weighted by atomic mass is 9.90. The third-order valence-corrected chi connectivity index (χ3v) is 8.81. The van der Waals surface area contributed by atoms with Gasteiger partial charge in [-0.15, -0.1) is 0 Å². The van der Waals surface area contributed by atoms with Gasteiger partial charge < -0.3 is 9.47 Å². The number of unbranched alkanes of at least 4 members (excludes halogenated alkanes) is 10. The normalized spacial score (nSPS) is 12.6. The van der Waals surface area contributed by atoms with Gasteiger partial charge in [-0.2, -0.15) is 0 Å². The second-order valence-corrected chi connectivity index (χ2v) is 12.5. The largest absolute Gasteiger partial charge is 0.423 e. The molecule has 0 aromatic heterocycles. The van der Waals surface area contributed by atoms with Crippen molar-refractivity contribution in [2.45, 2.75) is 136 Å². The van der Waals surface area contributed by atoms with Gasteiger partial charge in [0.05, 0.1) is 11.7 Å². The van der Waals surface area contributed by atoms with E-state index < -0.39 is 0 Å². The highest BCUT2D eigenvalue weighted by Gasteiger charge is 2.13. The fraction of sp³-hybridized carbons (Fsp3) is 0.537. The Morgan fingerprint density at radius 2 is 1.09 bits per heavy atom. The summed E-state index contributed by atoms with van der Waals surface area (Å²) in [6, 6.07) is 24.3. The predicted molar refractivity (Wildman–Crippen MR) is 187 cm³/mol. The van der Waals surface area contributed by atoms with Crippen molar-refractivity contribution in [3.05, 3.63) is 89.5 Å². The van der Waals surface area contributed by atoms with Crippen molar-refractivity contribution >= 4 is 5.97 Å². The van der Waals surface area contributed by atoms with Crippen LogP contribution in [0, 0.1) is 0 Å². The first kappa shape index (κ1) is 35.6. The van der Waals surface area contributed by atoms with Crippen molar-refractivity contribution in [1.29, 1.82) is 0 Å². The third-order valence-electron chi connectivity index (χ3n) is 8.81. The van der Waals surface area contributed by atoms with Crippen molar-refractivity contribution in [2.75, 3.05) is 6.61 Å². The molecule has 0 radical (unpaired) electrons. The minimum atomic E-state index is -0.330. The molecule has 0 amide bonds. The van der Waals surface area contributed by atoms with E-state index >= 15 is 0 Å². The molecule has 3 nitrogen and oxygen atoms in total. The average Bonchev–Trinajstić information content (AvgIpc) is 3.06. The lowest BCUT2D eigenvalue weighted by Crippen LogP contribution is -2.08. The van der Waals surface area contributed by atoms with E-state index in [2.05, 4.69) is 64.1 Å². The molecule has 3 aromatic carbocycles.